The quantitative estimate of drug-likeness (QED) is 0.735. The number of hydrogen-bond donors (Lipinski definition) is 1. The second-order valence-electron chi connectivity index (χ2n) is 7.06. The lowest BCUT2D eigenvalue weighted by molar-refractivity contribution is -0.141. The Morgan fingerprint density at radius 1 is 1.22 bits per heavy atom. The molecule has 0 spiro atoms. The number of rotatable bonds is 7. The summed E-state index contributed by atoms with van der Waals surface area (Å²) in [4.78, 5) is 25.7. The fraction of sp³-hybridized carbons (Fsp3) is 0.556. The number of sulfone groups is 1. The Hall–Kier alpha value is -2.00. The van der Waals surface area contributed by atoms with Gasteiger partial charge >= 0.3 is 5.97 Å². The summed E-state index contributed by atoms with van der Waals surface area (Å²) in [5, 5.41) is 9.46. The van der Waals surface area contributed by atoms with E-state index >= 15 is 0 Å². The van der Waals surface area contributed by atoms with Crippen molar-refractivity contribution in [3.63, 3.8) is 0 Å². The molecule has 1 amide bonds. The van der Waals surface area contributed by atoms with Crippen LogP contribution in [-0.4, -0.2) is 67.1 Å². The smallest absolute Gasteiger partial charge is 0.307 e. The van der Waals surface area contributed by atoms with Crippen LogP contribution in [-0.2, 0) is 30.6 Å². The third-order valence-corrected chi connectivity index (χ3v) is 7.33. The summed E-state index contributed by atoms with van der Waals surface area (Å²) < 4.78 is 42.2. The van der Waals surface area contributed by atoms with Gasteiger partial charge < -0.3 is 14.7 Å². The number of aliphatic carboxylic acids is 1. The molecule has 7 nitrogen and oxygen atoms in total. The largest absolute Gasteiger partial charge is 0.481 e. The molecule has 0 radical (unpaired) electrons. The van der Waals surface area contributed by atoms with Gasteiger partial charge in [0.05, 0.1) is 24.9 Å². The second kappa shape index (κ2) is 8.35. The van der Waals surface area contributed by atoms with Crippen LogP contribution < -0.4 is 0 Å². The van der Waals surface area contributed by atoms with Crippen LogP contribution in [0.2, 0.25) is 0 Å². The molecule has 1 unspecified atom stereocenters. The molecule has 1 heterocycles. The number of ether oxygens (including phenoxy) is 1. The van der Waals surface area contributed by atoms with Gasteiger partial charge in [0, 0.05) is 13.1 Å². The minimum Gasteiger partial charge on any atom is -0.481 e. The van der Waals surface area contributed by atoms with Crippen molar-refractivity contribution in [3.8, 4) is 0 Å². The molecular weight excluding hydrogens is 377 g/mol. The van der Waals surface area contributed by atoms with Crippen LogP contribution in [0.25, 0.3) is 0 Å². The molecule has 1 aliphatic rings. The molecular formula is C18H24FNO6S. The highest BCUT2D eigenvalue weighted by atomic mass is 32.2. The predicted molar refractivity (Wildman–Crippen MR) is 96.5 cm³/mol. The lowest BCUT2D eigenvalue weighted by Crippen LogP contribution is -2.54. The molecule has 1 aromatic rings. The van der Waals surface area contributed by atoms with E-state index in [1.165, 1.54) is 43.0 Å². The monoisotopic (exact) mass is 401 g/mol. The van der Waals surface area contributed by atoms with Gasteiger partial charge in [0.15, 0.2) is 9.84 Å². The van der Waals surface area contributed by atoms with Gasteiger partial charge in [-0.15, -0.1) is 0 Å². The third-order valence-electron chi connectivity index (χ3n) is 4.76. The number of nitrogens with zero attached hydrogens (tertiary/aromatic N) is 1. The van der Waals surface area contributed by atoms with Gasteiger partial charge in [0.25, 0.3) is 0 Å². The van der Waals surface area contributed by atoms with E-state index in [-0.39, 0.29) is 6.42 Å². The molecule has 150 valence electrons. The van der Waals surface area contributed by atoms with E-state index < -0.39 is 43.9 Å². The summed E-state index contributed by atoms with van der Waals surface area (Å²) in [6.45, 7) is 3.88. The van der Waals surface area contributed by atoms with Crippen LogP contribution in [0.1, 0.15) is 19.4 Å². The Labute approximate surface area is 158 Å². The molecule has 0 aromatic heterocycles. The lowest BCUT2D eigenvalue weighted by Gasteiger charge is -2.34. The summed E-state index contributed by atoms with van der Waals surface area (Å²) in [7, 11) is -4.07. The van der Waals surface area contributed by atoms with Crippen LogP contribution in [0.4, 0.5) is 4.39 Å². The molecule has 1 N–H and O–H groups in total. The van der Waals surface area contributed by atoms with E-state index in [9.17, 15) is 27.5 Å². The summed E-state index contributed by atoms with van der Waals surface area (Å²) in [6.07, 6.45) is -0.0727. The molecule has 0 bridgehead atoms. The van der Waals surface area contributed by atoms with Crippen LogP contribution in [0.3, 0.4) is 0 Å². The maximum atomic E-state index is 13.0. The summed E-state index contributed by atoms with van der Waals surface area (Å²) in [5.41, 5.74) is 0.510. The molecule has 0 saturated carbocycles. The minimum absolute atomic E-state index is 0.0727. The van der Waals surface area contributed by atoms with Crippen LogP contribution >= 0.6 is 0 Å². The third kappa shape index (κ3) is 5.04. The van der Waals surface area contributed by atoms with Crippen molar-refractivity contribution in [2.24, 2.45) is 5.92 Å². The van der Waals surface area contributed by atoms with Crippen molar-refractivity contribution in [2.75, 3.05) is 32.1 Å². The topological polar surface area (TPSA) is 101 Å². The zero-order chi connectivity index (χ0) is 20.2. The molecule has 0 aliphatic carbocycles. The molecule has 27 heavy (non-hydrogen) atoms. The molecule has 1 aliphatic heterocycles. The molecule has 9 heteroatoms. The van der Waals surface area contributed by atoms with Gasteiger partial charge in [-0.05, 0) is 38.0 Å². The second-order valence-corrected chi connectivity index (χ2v) is 9.65. The normalized spacial score (nSPS) is 16.8. The molecule has 1 aromatic carbocycles. The molecule has 1 atom stereocenters. The van der Waals surface area contributed by atoms with E-state index in [4.69, 9.17) is 4.74 Å². The lowest BCUT2D eigenvalue weighted by atomic mass is 10.0. The van der Waals surface area contributed by atoms with Crippen molar-refractivity contribution in [1.29, 1.82) is 0 Å². The number of amides is 1. The molecule has 1 saturated heterocycles. The zero-order valence-corrected chi connectivity index (χ0v) is 16.2. The van der Waals surface area contributed by atoms with E-state index in [0.29, 0.717) is 31.9 Å². The van der Waals surface area contributed by atoms with Crippen LogP contribution in [0.5, 0.6) is 0 Å². The fourth-order valence-corrected chi connectivity index (χ4v) is 4.48. The van der Waals surface area contributed by atoms with Gasteiger partial charge in [-0.3, -0.25) is 9.59 Å². The highest BCUT2D eigenvalue weighted by molar-refractivity contribution is 7.93. The maximum Gasteiger partial charge on any atom is 0.307 e. The van der Waals surface area contributed by atoms with Crippen molar-refractivity contribution in [1.82, 2.24) is 4.90 Å². The highest BCUT2D eigenvalue weighted by Crippen LogP contribution is 2.25. The van der Waals surface area contributed by atoms with Crippen LogP contribution in [0.15, 0.2) is 24.3 Å². The average Bonchev–Trinajstić information content (AvgIpc) is 2.62. The van der Waals surface area contributed by atoms with Crippen molar-refractivity contribution in [2.45, 2.75) is 25.0 Å². The number of carboxylic acids is 1. The number of carbonyl (C=O) groups is 2. The average molecular weight is 401 g/mol. The van der Waals surface area contributed by atoms with E-state index in [0.717, 1.165) is 0 Å². The molecule has 2 rings (SSSR count). The van der Waals surface area contributed by atoms with E-state index in [2.05, 4.69) is 0 Å². The Morgan fingerprint density at radius 2 is 1.78 bits per heavy atom. The summed E-state index contributed by atoms with van der Waals surface area (Å²) in [6, 6.07) is 5.22. The Balaban J connectivity index is 2.17. The number of halogens is 1. The van der Waals surface area contributed by atoms with Crippen molar-refractivity contribution >= 4 is 21.7 Å². The van der Waals surface area contributed by atoms with Crippen molar-refractivity contribution in [3.05, 3.63) is 35.6 Å². The first-order chi connectivity index (χ1) is 12.5. The Bertz CT molecular complexity index is 785. The van der Waals surface area contributed by atoms with Gasteiger partial charge in [0.2, 0.25) is 5.91 Å². The summed E-state index contributed by atoms with van der Waals surface area (Å²) in [5.74, 6) is -4.22. The van der Waals surface area contributed by atoms with E-state index in [1.807, 2.05) is 0 Å². The first-order valence-corrected chi connectivity index (χ1v) is 10.3. The number of morpholine rings is 1. The van der Waals surface area contributed by atoms with Crippen molar-refractivity contribution < 1.29 is 32.2 Å². The minimum atomic E-state index is -4.07. The Kier molecular flexibility index (Phi) is 6.59. The first-order valence-electron chi connectivity index (χ1n) is 8.61. The summed E-state index contributed by atoms with van der Waals surface area (Å²) >= 11 is 0. The number of hydrogen-bond acceptors (Lipinski definition) is 5. The maximum absolute atomic E-state index is 13.0. The number of carboxylic acid groups (broad SMARTS) is 1. The zero-order valence-electron chi connectivity index (χ0n) is 15.4. The number of carbonyl (C=O) groups excluding carboxylic acids is 1. The Morgan fingerprint density at radius 3 is 2.30 bits per heavy atom. The van der Waals surface area contributed by atoms with Gasteiger partial charge in [-0.25, -0.2) is 12.8 Å². The first kappa shape index (κ1) is 21.3. The highest BCUT2D eigenvalue weighted by Gasteiger charge is 2.46. The fourth-order valence-electron chi connectivity index (χ4n) is 2.88. The van der Waals surface area contributed by atoms with Crippen LogP contribution in [0, 0.1) is 11.7 Å². The standard InChI is InChI=1S/C18H24FNO6S/c1-18(2,17(23)20-7-9-26-10-8-20)27(24,25)12-14(16(21)22)11-13-3-5-15(19)6-4-13/h3-6,14H,7-12H2,1-2H3,(H,21,22). The van der Waals surface area contributed by atoms with E-state index in [1.54, 1.807) is 0 Å². The van der Waals surface area contributed by atoms with Gasteiger partial charge in [-0.1, -0.05) is 12.1 Å². The molecule has 1 fully saturated rings. The SMILES string of the molecule is CC(C)(C(=O)N1CCOCC1)S(=O)(=O)CC(Cc1ccc(F)cc1)C(=O)O. The number of benzene rings is 1. The predicted octanol–water partition coefficient (Wildman–Crippen LogP) is 1.12. The van der Waals surface area contributed by atoms with Gasteiger partial charge in [0.1, 0.15) is 10.6 Å². The van der Waals surface area contributed by atoms with Gasteiger partial charge in [-0.2, -0.15) is 0 Å².